The van der Waals surface area contributed by atoms with Crippen molar-refractivity contribution in [3.63, 3.8) is 0 Å². The number of amides is 1. The first-order chi connectivity index (χ1) is 12.6. The minimum absolute atomic E-state index is 0.167. The van der Waals surface area contributed by atoms with Crippen molar-refractivity contribution in [2.45, 2.75) is 19.8 Å². The first-order valence-electron chi connectivity index (χ1n) is 8.09. The smallest absolute Gasteiger partial charge is 0.310 e. The minimum Gasteiger partial charge on any atom is -0.466 e. The lowest BCUT2D eigenvalue weighted by Crippen LogP contribution is -2.13. The van der Waals surface area contributed by atoms with Crippen molar-refractivity contribution >= 4 is 55.0 Å². The standard InChI is InChI=1S/C10H11NO2S.C8H8N2OS/c1-2-13-9(12)5-7-6-11-10-8(7)3-4-14-10;9-7(11)3-5-4-10-8-6(5)1-2-12-8/h3-4,6,11H,2,5H2,1H3;1-2,4,10H,3H2,(H2,9,11). The number of aromatic nitrogens is 2. The number of H-pyrrole nitrogens is 2. The molecule has 0 saturated heterocycles. The number of carbonyl (C=O) groups excluding carboxylic acids is 2. The average Bonchev–Trinajstić information content (AvgIpc) is 3.33. The fraction of sp³-hybridized carbons (Fsp3) is 0.222. The Balaban J connectivity index is 0.000000152. The Hall–Kier alpha value is -2.58. The van der Waals surface area contributed by atoms with Gasteiger partial charge in [0.25, 0.3) is 0 Å². The van der Waals surface area contributed by atoms with Gasteiger partial charge >= 0.3 is 5.97 Å². The molecule has 26 heavy (non-hydrogen) atoms. The lowest BCUT2D eigenvalue weighted by molar-refractivity contribution is -0.142. The molecule has 0 aliphatic carbocycles. The monoisotopic (exact) mass is 389 g/mol. The van der Waals surface area contributed by atoms with Crippen LogP contribution in [0.15, 0.2) is 35.3 Å². The first-order valence-corrected chi connectivity index (χ1v) is 9.85. The molecule has 4 N–H and O–H groups in total. The zero-order valence-electron chi connectivity index (χ0n) is 14.2. The van der Waals surface area contributed by atoms with Crippen LogP contribution < -0.4 is 5.73 Å². The third-order valence-electron chi connectivity index (χ3n) is 3.78. The topological polar surface area (TPSA) is 101 Å². The Labute approximate surface area is 158 Å². The molecule has 0 aromatic carbocycles. The number of ether oxygens (including phenoxy) is 1. The van der Waals surface area contributed by atoms with E-state index in [1.807, 2.05) is 42.2 Å². The molecule has 0 radical (unpaired) electrons. The maximum absolute atomic E-state index is 11.2. The van der Waals surface area contributed by atoms with Crippen LogP contribution in [0.25, 0.3) is 20.4 Å². The molecule has 0 unspecified atom stereocenters. The van der Waals surface area contributed by atoms with Crippen molar-refractivity contribution in [1.29, 1.82) is 0 Å². The Morgan fingerprint density at radius 3 is 2.04 bits per heavy atom. The highest BCUT2D eigenvalue weighted by Gasteiger charge is 2.09. The Kier molecular flexibility index (Phi) is 5.75. The largest absolute Gasteiger partial charge is 0.466 e. The van der Waals surface area contributed by atoms with Crippen molar-refractivity contribution in [1.82, 2.24) is 9.97 Å². The van der Waals surface area contributed by atoms with Crippen LogP contribution in [0.2, 0.25) is 0 Å². The second-order valence-corrected chi connectivity index (χ2v) is 7.41. The van der Waals surface area contributed by atoms with Gasteiger partial charge in [-0.25, -0.2) is 0 Å². The van der Waals surface area contributed by atoms with Crippen molar-refractivity contribution in [3.8, 4) is 0 Å². The van der Waals surface area contributed by atoms with E-state index in [0.29, 0.717) is 19.4 Å². The normalized spacial score (nSPS) is 10.7. The highest BCUT2D eigenvalue weighted by Crippen LogP contribution is 2.24. The van der Waals surface area contributed by atoms with Crippen LogP contribution in [-0.2, 0) is 27.2 Å². The van der Waals surface area contributed by atoms with E-state index in [9.17, 15) is 9.59 Å². The number of thiophene rings is 2. The minimum atomic E-state index is -0.290. The summed E-state index contributed by atoms with van der Waals surface area (Å²) in [6, 6.07) is 4.01. The van der Waals surface area contributed by atoms with E-state index in [-0.39, 0.29) is 11.9 Å². The van der Waals surface area contributed by atoms with Gasteiger partial charge in [-0.05, 0) is 40.9 Å². The van der Waals surface area contributed by atoms with Crippen LogP contribution in [0.5, 0.6) is 0 Å². The molecule has 4 heterocycles. The van der Waals surface area contributed by atoms with Crippen LogP contribution in [0.3, 0.4) is 0 Å². The van der Waals surface area contributed by atoms with Crippen molar-refractivity contribution in [3.05, 3.63) is 46.4 Å². The van der Waals surface area contributed by atoms with Crippen LogP contribution in [0.1, 0.15) is 18.1 Å². The van der Waals surface area contributed by atoms with Crippen molar-refractivity contribution in [2.75, 3.05) is 6.61 Å². The third-order valence-corrected chi connectivity index (χ3v) is 5.47. The van der Waals surface area contributed by atoms with E-state index in [2.05, 4.69) is 9.97 Å². The van der Waals surface area contributed by atoms with Gasteiger partial charge in [0.1, 0.15) is 0 Å². The second-order valence-electron chi connectivity index (χ2n) is 5.58. The Morgan fingerprint density at radius 1 is 1.00 bits per heavy atom. The molecule has 1 amide bonds. The molecular weight excluding hydrogens is 370 g/mol. The van der Waals surface area contributed by atoms with Crippen LogP contribution in [0, 0.1) is 0 Å². The van der Waals surface area contributed by atoms with Crippen LogP contribution in [-0.4, -0.2) is 28.5 Å². The zero-order valence-corrected chi connectivity index (χ0v) is 15.8. The molecule has 0 fully saturated rings. The number of primary amides is 1. The van der Waals surface area contributed by atoms with Gasteiger partial charge in [-0.1, -0.05) is 0 Å². The summed E-state index contributed by atoms with van der Waals surface area (Å²) in [5, 5.41) is 6.24. The molecule has 6 nitrogen and oxygen atoms in total. The summed E-state index contributed by atoms with van der Waals surface area (Å²) < 4.78 is 4.89. The second kappa shape index (κ2) is 8.20. The van der Waals surface area contributed by atoms with E-state index >= 15 is 0 Å². The molecule has 4 aromatic heterocycles. The predicted molar refractivity (Wildman–Crippen MR) is 106 cm³/mol. The first kappa shape index (κ1) is 18.2. The maximum atomic E-state index is 11.2. The van der Waals surface area contributed by atoms with Gasteiger partial charge in [0.2, 0.25) is 5.91 Å². The number of fused-ring (bicyclic) bond motifs is 2. The number of rotatable bonds is 5. The lowest BCUT2D eigenvalue weighted by atomic mass is 10.2. The predicted octanol–water partition coefficient (Wildman–Crippen LogP) is 3.59. The quantitative estimate of drug-likeness (QED) is 0.455. The van der Waals surface area contributed by atoms with Gasteiger partial charge in [0.05, 0.1) is 29.1 Å². The highest BCUT2D eigenvalue weighted by atomic mass is 32.1. The van der Waals surface area contributed by atoms with E-state index in [4.69, 9.17) is 10.5 Å². The van der Waals surface area contributed by atoms with Crippen LogP contribution >= 0.6 is 22.7 Å². The highest BCUT2D eigenvalue weighted by molar-refractivity contribution is 7.17. The molecule has 0 aliphatic heterocycles. The summed E-state index contributed by atoms with van der Waals surface area (Å²) >= 11 is 3.27. The van der Waals surface area contributed by atoms with Gasteiger partial charge in [-0.15, -0.1) is 22.7 Å². The Bertz CT molecular complexity index is 1020. The molecule has 0 spiro atoms. The summed E-state index contributed by atoms with van der Waals surface area (Å²) in [5.74, 6) is -0.457. The number of hydrogen-bond acceptors (Lipinski definition) is 5. The molecule has 8 heteroatoms. The van der Waals surface area contributed by atoms with E-state index in [0.717, 1.165) is 31.6 Å². The number of carbonyl (C=O) groups is 2. The van der Waals surface area contributed by atoms with E-state index < -0.39 is 0 Å². The maximum Gasteiger partial charge on any atom is 0.310 e. The SMILES string of the molecule is CCOC(=O)Cc1c[nH]c2sccc12.NC(=O)Cc1c[nH]c2sccc12. The van der Waals surface area contributed by atoms with E-state index in [1.165, 1.54) is 0 Å². The molecular formula is C18H19N3O3S2. The van der Waals surface area contributed by atoms with Gasteiger partial charge in [-0.3, -0.25) is 9.59 Å². The molecule has 0 saturated carbocycles. The summed E-state index contributed by atoms with van der Waals surface area (Å²) in [6.45, 7) is 2.26. The average molecular weight is 390 g/mol. The molecule has 4 aromatic rings. The van der Waals surface area contributed by atoms with Crippen LogP contribution in [0.4, 0.5) is 0 Å². The Morgan fingerprint density at radius 2 is 1.54 bits per heavy atom. The van der Waals surface area contributed by atoms with Gasteiger partial charge in [0.15, 0.2) is 0 Å². The summed E-state index contributed by atoms with van der Waals surface area (Å²) in [4.78, 5) is 30.3. The van der Waals surface area contributed by atoms with Gasteiger partial charge < -0.3 is 20.4 Å². The third kappa shape index (κ3) is 4.14. The molecule has 4 rings (SSSR count). The molecule has 0 aliphatic rings. The molecule has 0 atom stereocenters. The summed E-state index contributed by atoms with van der Waals surface area (Å²) in [6.07, 6.45) is 4.38. The van der Waals surface area contributed by atoms with Crippen molar-refractivity contribution in [2.24, 2.45) is 5.73 Å². The molecule has 136 valence electrons. The fourth-order valence-corrected chi connectivity index (χ4v) is 4.24. The number of nitrogens with two attached hydrogens (primary N) is 1. The molecule has 0 bridgehead atoms. The summed E-state index contributed by atoms with van der Waals surface area (Å²) in [7, 11) is 0. The zero-order chi connectivity index (χ0) is 18.5. The number of hydrogen-bond donors (Lipinski definition) is 3. The summed E-state index contributed by atoms with van der Waals surface area (Å²) in [5.41, 5.74) is 7.09. The van der Waals surface area contributed by atoms with E-state index in [1.54, 1.807) is 22.7 Å². The number of nitrogens with one attached hydrogen (secondary N) is 2. The fourth-order valence-electron chi connectivity index (χ4n) is 2.66. The van der Waals surface area contributed by atoms with Gasteiger partial charge in [0, 0.05) is 23.2 Å². The number of esters is 1. The lowest BCUT2D eigenvalue weighted by Gasteiger charge is -1.99. The van der Waals surface area contributed by atoms with Gasteiger partial charge in [-0.2, -0.15) is 0 Å². The number of aromatic amines is 2. The van der Waals surface area contributed by atoms with Crippen molar-refractivity contribution < 1.29 is 14.3 Å².